The van der Waals surface area contributed by atoms with Crippen LogP contribution in [0.1, 0.15) is 39.5 Å². The Bertz CT molecular complexity index is 301. The van der Waals surface area contributed by atoms with Crippen molar-refractivity contribution >= 4 is 11.9 Å². The van der Waals surface area contributed by atoms with Crippen molar-refractivity contribution in [3.05, 3.63) is 0 Å². The molecule has 0 bridgehead atoms. The highest BCUT2D eigenvalue weighted by molar-refractivity contribution is 5.91. The molecule has 3 unspecified atom stereocenters. The lowest BCUT2D eigenvalue weighted by Crippen LogP contribution is -2.51. The highest BCUT2D eigenvalue weighted by Gasteiger charge is 2.59. The van der Waals surface area contributed by atoms with Crippen LogP contribution in [-0.4, -0.2) is 35.9 Å². The molecule has 98 valence electrons. The topological polar surface area (TPSA) is 72.8 Å². The Balaban J connectivity index is 2.80. The van der Waals surface area contributed by atoms with Crippen molar-refractivity contribution in [1.82, 2.24) is 0 Å². The fourth-order valence-corrected chi connectivity index (χ4v) is 2.12. The molecule has 17 heavy (non-hydrogen) atoms. The Kier molecular flexibility index (Phi) is 4.51. The lowest BCUT2D eigenvalue weighted by Gasteiger charge is -2.26. The molecule has 0 radical (unpaired) electrons. The fraction of sp³-hybridized carbons (Fsp3) is 0.833. The van der Waals surface area contributed by atoms with E-state index in [0.29, 0.717) is 6.42 Å². The summed E-state index contributed by atoms with van der Waals surface area (Å²) in [6.45, 7) is 3.54. The van der Waals surface area contributed by atoms with Gasteiger partial charge in [-0.05, 0) is 19.8 Å². The van der Waals surface area contributed by atoms with Crippen molar-refractivity contribution in [3.63, 3.8) is 0 Å². The number of unbranched alkanes of at least 4 members (excludes halogenated alkanes) is 2. The van der Waals surface area contributed by atoms with Crippen molar-refractivity contribution in [3.8, 4) is 0 Å². The van der Waals surface area contributed by atoms with Crippen LogP contribution in [0.25, 0.3) is 0 Å². The highest BCUT2D eigenvalue weighted by atomic mass is 16.6. The SMILES string of the molecule is CCCCCC1OC(=O)C(C)C1(O)C(=O)OC. The van der Waals surface area contributed by atoms with Gasteiger partial charge in [-0.3, -0.25) is 4.79 Å². The van der Waals surface area contributed by atoms with E-state index in [1.165, 1.54) is 14.0 Å². The molecule has 1 rings (SSSR count). The lowest BCUT2D eigenvalue weighted by atomic mass is 9.84. The molecule has 1 fully saturated rings. The lowest BCUT2D eigenvalue weighted by molar-refractivity contribution is -0.172. The number of hydrogen-bond acceptors (Lipinski definition) is 5. The number of methoxy groups -OCH3 is 1. The van der Waals surface area contributed by atoms with E-state index in [0.717, 1.165) is 19.3 Å². The second-order valence-electron chi connectivity index (χ2n) is 4.46. The quantitative estimate of drug-likeness (QED) is 0.577. The number of carbonyl (C=O) groups excluding carboxylic acids is 2. The van der Waals surface area contributed by atoms with E-state index >= 15 is 0 Å². The first-order valence-electron chi connectivity index (χ1n) is 5.99. The number of cyclic esters (lactones) is 1. The van der Waals surface area contributed by atoms with Gasteiger partial charge in [-0.1, -0.05) is 19.8 Å². The Hall–Kier alpha value is -1.10. The van der Waals surface area contributed by atoms with Crippen LogP contribution in [-0.2, 0) is 19.1 Å². The summed E-state index contributed by atoms with van der Waals surface area (Å²) in [6, 6.07) is 0. The van der Waals surface area contributed by atoms with E-state index in [-0.39, 0.29) is 0 Å². The monoisotopic (exact) mass is 244 g/mol. The second kappa shape index (κ2) is 5.49. The molecule has 1 saturated heterocycles. The third kappa shape index (κ3) is 2.44. The molecule has 1 aliphatic heterocycles. The van der Waals surface area contributed by atoms with Crippen LogP contribution in [0.15, 0.2) is 0 Å². The number of esters is 2. The average Bonchev–Trinajstić information content (AvgIpc) is 2.54. The smallest absolute Gasteiger partial charge is 0.342 e. The highest BCUT2D eigenvalue weighted by Crippen LogP contribution is 2.36. The minimum absolute atomic E-state index is 0.482. The molecular weight excluding hydrogens is 224 g/mol. The van der Waals surface area contributed by atoms with Crippen LogP contribution >= 0.6 is 0 Å². The van der Waals surface area contributed by atoms with Crippen LogP contribution in [0.2, 0.25) is 0 Å². The number of rotatable bonds is 5. The van der Waals surface area contributed by atoms with Crippen molar-refractivity contribution in [2.24, 2.45) is 5.92 Å². The first-order valence-corrected chi connectivity index (χ1v) is 5.99. The van der Waals surface area contributed by atoms with Crippen LogP contribution in [0, 0.1) is 5.92 Å². The van der Waals surface area contributed by atoms with E-state index in [2.05, 4.69) is 11.7 Å². The van der Waals surface area contributed by atoms with E-state index < -0.39 is 29.6 Å². The summed E-state index contributed by atoms with van der Waals surface area (Å²) in [6.07, 6.45) is 2.49. The van der Waals surface area contributed by atoms with Gasteiger partial charge >= 0.3 is 11.9 Å². The van der Waals surface area contributed by atoms with Gasteiger partial charge in [0.25, 0.3) is 0 Å². The Morgan fingerprint density at radius 1 is 1.53 bits per heavy atom. The zero-order valence-electron chi connectivity index (χ0n) is 10.6. The molecule has 1 N–H and O–H groups in total. The van der Waals surface area contributed by atoms with Gasteiger partial charge in [0.15, 0.2) is 0 Å². The maximum atomic E-state index is 11.6. The van der Waals surface area contributed by atoms with E-state index in [1.54, 1.807) is 0 Å². The minimum Gasteiger partial charge on any atom is -0.467 e. The summed E-state index contributed by atoms with van der Waals surface area (Å²) >= 11 is 0. The summed E-state index contributed by atoms with van der Waals surface area (Å²) in [5, 5.41) is 10.3. The maximum absolute atomic E-state index is 11.6. The molecule has 0 amide bonds. The summed E-state index contributed by atoms with van der Waals surface area (Å²) in [4.78, 5) is 23.1. The predicted molar refractivity (Wildman–Crippen MR) is 60.2 cm³/mol. The molecule has 0 aromatic carbocycles. The zero-order chi connectivity index (χ0) is 13.1. The Morgan fingerprint density at radius 2 is 2.18 bits per heavy atom. The standard InChI is InChI=1S/C12H20O5/c1-4-5-6-7-9-12(15,11(14)16-3)8(2)10(13)17-9/h8-9,15H,4-7H2,1-3H3. The third-order valence-corrected chi connectivity index (χ3v) is 3.35. The average molecular weight is 244 g/mol. The van der Waals surface area contributed by atoms with Gasteiger partial charge in [-0.2, -0.15) is 0 Å². The zero-order valence-corrected chi connectivity index (χ0v) is 10.6. The molecule has 0 aromatic rings. The van der Waals surface area contributed by atoms with E-state index in [1.807, 2.05) is 0 Å². The Morgan fingerprint density at radius 3 is 2.71 bits per heavy atom. The maximum Gasteiger partial charge on any atom is 0.342 e. The molecule has 3 atom stereocenters. The number of aliphatic hydroxyl groups is 1. The number of ether oxygens (including phenoxy) is 2. The van der Waals surface area contributed by atoms with Crippen molar-refractivity contribution < 1.29 is 24.2 Å². The van der Waals surface area contributed by atoms with E-state index in [9.17, 15) is 14.7 Å². The molecular formula is C12H20O5. The first kappa shape index (κ1) is 14.0. The van der Waals surface area contributed by atoms with Gasteiger partial charge in [0.2, 0.25) is 5.60 Å². The molecule has 5 heteroatoms. The number of hydrogen-bond donors (Lipinski definition) is 1. The Labute approximate surface area is 101 Å². The molecule has 1 aliphatic rings. The molecule has 1 heterocycles. The van der Waals surface area contributed by atoms with Crippen molar-refractivity contribution in [2.45, 2.75) is 51.2 Å². The van der Waals surface area contributed by atoms with Crippen LogP contribution < -0.4 is 0 Å². The van der Waals surface area contributed by atoms with Crippen molar-refractivity contribution in [2.75, 3.05) is 7.11 Å². The summed E-state index contributed by atoms with van der Waals surface area (Å²) < 4.78 is 9.64. The van der Waals surface area contributed by atoms with Crippen LogP contribution in [0.4, 0.5) is 0 Å². The molecule has 0 aromatic heterocycles. The van der Waals surface area contributed by atoms with Crippen LogP contribution in [0.5, 0.6) is 0 Å². The van der Waals surface area contributed by atoms with Gasteiger partial charge in [0.05, 0.1) is 13.0 Å². The van der Waals surface area contributed by atoms with Gasteiger partial charge < -0.3 is 14.6 Å². The second-order valence-corrected chi connectivity index (χ2v) is 4.46. The van der Waals surface area contributed by atoms with Crippen molar-refractivity contribution in [1.29, 1.82) is 0 Å². The summed E-state index contributed by atoms with van der Waals surface area (Å²) in [5.74, 6) is -2.21. The molecule has 0 aliphatic carbocycles. The van der Waals surface area contributed by atoms with Gasteiger partial charge in [-0.25, -0.2) is 4.79 Å². The van der Waals surface area contributed by atoms with Gasteiger partial charge in [-0.15, -0.1) is 0 Å². The molecule has 0 spiro atoms. The predicted octanol–water partition coefficient (Wildman–Crippen LogP) is 1.03. The van der Waals surface area contributed by atoms with Crippen LogP contribution in [0.3, 0.4) is 0 Å². The number of carbonyl (C=O) groups is 2. The minimum atomic E-state index is -1.83. The van der Waals surface area contributed by atoms with Gasteiger partial charge in [0, 0.05) is 0 Å². The fourth-order valence-electron chi connectivity index (χ4n) is 2.12. The molecule has 0 saturated carbocycles. The van der Waals surface area contributed by atoms with E-state index in [4.69, 9.17) is 4.74 Å². The summed E-state index contributed by atoms with van der Waals surface area (Å²) in [5.41, 5.74) is -1.83. The first-order chi connectivity index (χ1) is 7.98. The molecule has 5 nitrogen and oxygen atoms in total. The largest absolute Gasteiger partial charge is 0.467 e. The van der Waals surface area contributed by atoms with Gasteiger partial charge in [0.1, 0.15) is 6.10 Å². The third-order valence-electron chi connectivity index (χ3n) is 3.35. The normalized spacial score (nSPS) is 32.4. The summed E-state index contributed by atoms with van der Waals surface area (Å²) in [7, 11) is 1.19.